The number of amides is 1. The minimum atomic E-state index is 0.00868. The van der Waals surface area contributed by atoms with Crippen LogP contribution in [0.1, 0.15) is 44.0 Å². The van der Waals surface area contributed by atoms with E-state index >= 15 is 0 Å². The maximum absolute atomic E-state index is 12.7. The molecule has 0 radical (unpaired) electrons. The molecule has 6 nitrogen and oxygen atoms in total. The lowest BCUT2D eigenvalue weighted by molar-refractivity contribution is -0.123. The fraction of sp³-hybridized carbons (Fsp3) is 0.348. The monoisotopic (exact) mass is 391 g/mol. The third-order valence-electron chi connectivity index (χ3n) is 5.25. The van der Waals surface area contributed by atoms with Crippen molar-refractivity contribution >= 4 is 5.91 Å². The van der Waals surface area contributed by atoms with Gasteiger partial charge in [0.1, 0.15) is 12.7 Å². The van der Waals surface area contributed by atoms with Gasteiger partial charge in [0, 0.05) is 6.04 Å². The molecule has 1 aromatic heterocycles. The van der Waals surface area contributed by atoms with E-state index in [1.54, 1.807) is 11.0 Å². The van der Waals surface area contributed by atoms with E-state index in [9.17, 15) is 4.79 Å². The molecule has 6 heteroatoms. The van der Waals surface area contributed by atoms with E-state index in [4.69, 9.17) is 0 Å². The Morgan fingerprint density at radius 2 is 1.72 bits per heavy atom. The zero-order valence-corrected chi connectivity index (χ0v) is 17.5. The molecule has 0 bridgehead atoms. The molecule has 0 aliphatic rings. The molecule has 3 aromatic rings. The summed E-state index contributed by atoms with van der Waals surface area (Å²) in [5, 5.41) is 7.34. The summed E-state index contributed by atoms with van der Waals surface area (Å²) in [6.45, 7) is 6.69. The normalized spacial score (nSPS) is 13.4. The molecule has 1 N–H and O–H groups in total. The van der Waals surface area contributed by atoms with E-state index < -0.39 is 0 Å². The molecule has 1 heterocycles. The summed E-state index contributed by atoms with van der Waals surface area (Å²) in [5.74, 6) is 0.342. The van der Waals surface area contributed by atoms with Crippen LogP contribution in [0.2, 0.25) is 0 Å². The summed E-state index contributed by atoms with van der Waals surface area (Å²) in [6.07, 6.45) is 3.19. The minimum absolute atomic E-state index is 0.00868. The number of carbonyl (C=O) groups excluding carboxylic acids is 1. The Balaban J connectivity index is 1.61. The predicted octanol–water partition coefficient (Wildman–Crippen LogP) is 3.77. The van der Waals surface area contributed by atoms with Gasteiger partial charge >= 0.3 is 0 Å². The summed E-state index contributed by atoms with van der Waals surface area (Å²) < 4.78 is 1.72. The number of hydrogen-bond acceptors (Lipinski definition) is 4. The Hall–Kier alpha value is -2.99. The van der Waals surface area contributed by atoms with Crippen LogP contribution in [-0.4, -0.2) is 39.2 Å². The molecule has 2 atom stereocenters. The first kappa shape index (κ1) is 20.7. The summed E-state index contributed by atoms with van der Waals surface area (Å²) >= 11 is 0. The highest BCUT2D eigenvalue weighted by Crippen LogP contribution is 2.22. The third-order valence-corrected chi connectivity index (χ3v) is 5.25. The van der Waals surface area contributed by atoms with Crippen molar-refractivity contribution in [1.82, 2.24) is 25.0 Å². The van der Waals surface area contributed by atoms with Crippen molar-refractivity contribution in [1.29, 1.82) is 0 Å². The molecular formula is C23H29N5O. The average Bonchev–Trinajstić information content (AvgIpc) is 3.27. The Morgan fingerprint density at radius 3 is 2.31 bits per heavy atom. The molecule has 0 aliphatic heterocycles. The van der Waals surface area contributed by atoms with Gasteiger partial charge in [-0.2, -0.15) is 5.10 Å². The van der Waals surface area contributed by atoms with E-state index in [1.165, 1.54) is 6.33 Å². The second-order valence-electron chi connectivity index (χ2n) is 7.72. The summed E-state index contributed by atoms with van der Waals surface area (Å²) in [6, 6.07) is 18.4. The standard InChI is InChI=1S/C23H29N5O/c1-17(2)23(20-8-6-5-7-9-20)26-22(29)14-27(4)18(3)19-10-12-21(13-11-19)28-16-24-15-25-28/h5-13,15-18,23H,14H2,1-4H3,(H,26,29). The van der Waals surface area contributed by atoms with Crippen molar-refractivity contribution in [3.63, 3.8) is 0 Å². The number of nitrogens with one attached hydrogen (secondary N) is 1. The van der Waals surface area contributed by atoms with E-state index in [0.717, 1.165) is 16.8 Å². The highest BCUT2D eigenvalue weighted by molar-refractivity contribution is 5.78. The molecule has 1 amide bonds. The van der Waals surface area contributed by atoms with Crippen LogP contribution >= 0.6 is 0 Å². The highest BCUT2D eigenvalue weighted by Gasteiger charge is 2.20. The molecule has 0 saturated heterocycles. The van der Waals surface area contributed by atoms with Crippen molar-refractivity contribution < 1.29 is 4.79 Å². The minimum Gasteiger partial charge on any atom is -0.348 e. The lowest BCUT2D eigenvalue weighted by Gasteiger charge is -2.27. The van der Waals surface area contributed by atoms with Crippen LogP contribution in [0.3, 0.4) is 0 Å². The molecule has 0 aliphatic carbocycles. The fourth-order valence-electron chi connectivity index (χ4n) is 3.38. The molecule has 2 aromatic carbocycles. The van der Waals surface area contributed by atoms with Crippen LogP contribution in [0.5, 0.6) is 0 Å². The molecule has 152 valence electrons. The lowest BCUT2D eigenvalue weighted by Crippen LogP contribution is -2.39. The zero-order valence-electron chi connectivity index (χ0n) is 17.5. The van der Waals surface area contributed by atoms with Crippen LogP contribution < -0.4 is 5.32 Å². The van der Waals surface area contributed by atoms with Gasteiger partial charge < -0.3 is 5.32 Å². The molecule has 0 saturated carbocycles. The number of benzene rings is 2. The smallest absolute Gasteiger partial charge is 0.234 e. The van der Waals surface area contributed by atoms with Gasteiger partial charge in [0.15, 0.2) is 0 Å². The van der Waals surface area contributed by atoms with Crippen molar-refractivity contribution in [2.45, 2.75) is 32.9 Å². The Labute approximate surface area is 172 Å². The zero-order chi connectivity index (χ0) is 20.8. The van der Waals surface area contributed by atoms with Crippen molar-refractivity contribution in [3.05, 3.63) is 78.4 Å². The first-order chi connectivity index (χ1) is 14.0. The number of carbonyl (C=O) groups is 1. The number of rotatable bonds is 8. The molecule has 0 fully saturated rings. The highest BCUT2D eigenvalue weighted by atomic mass is 16.2. The molecule has 2 unspecified atom stereocenters. The molecule has 3 rings (SSSR count). The van der Waals surface area contributed by atoms with Gasteiger partial charge in [-0.05, 0) is 43.1 Å². The van der Waals surface area contributed by atoms with Gasteiger partial charge in [-0.1, -0.05) is 56.3 Å². The molecule has 0 spiro atoms. The summed E-state index contributed by atoms with van der Waals surface area (Å²) in [7, 11) is 1.97. The predicted molar refractivity (Wildman–Crippen MR) is 115 cm³/mol. The SMILES string of the molecule is CC(C)C(NC(=O)CN(C)C(C)c1ccc(-n2cncn2)cc1)c1ccccc1. The lowest BCUT2D eigenvalue weighted by atomic mass is 9.96. The number of nitrogens with zero attached hydrogens (tertiary/aromatic N) is 4. The van der Waals surface area contributed by atoms with Crippen molar-refractivity contribution in [3.8, 4) is 5.69 Å². The van der Waals surface area contributed by atoms with Crippen LogP contribution in [-0.2, 0) is 4.79 Å². The van der Waals surface area contributed by atoms with Gasteiger partial charge in [-0.3, -0.25) is 9.69 Å². The first-order valence-corrected chi connectivity index (χ1v) is 9.95. The largest absolute Gasteiger partial charge is 0.348 e. The van der Waals surface area contributed by atoms with Crippen molar-refractivity contribution in [2.24, 2.45) is 5.92 Å². The van der Waals surface area contributed by atoms with E-state index in [0.29, 0.717) is 12.5 Å². The van der Waals surface area contributed by atoms with E-state index in [2.05, 4.69) is 65.3 Å². The van der Waals surface area contributed by atoms with Crippen LogP contribution in [0.25, 0.3) is 5.69 Å². The molecule has 29 heavy (non-hydrogen) atoms. The average molecular weight is 392 g/mol. The third kappa shape index (κ3) is 5.29. The number of aromatic nitrogens is 3. The van der Waals surface area contributed by atoms with Crippen LogP contribution in [0, 0.1) is 5.92 Å². The Morgan fingerprint density at radius 1 is 1.03 bits per heavy atom. The number of hydrogen-bond donors (Lipinski definition) is 1. The van der Waals surface area contributed by atoms with Gasteiger partial charge in [0.2, 0.25) is 5.91 Å². The summed E-state index contributed by atoms with van der Waals surface area (Å²) in [4.78, 5) is 18.7. The van der Waals surface area contributed by atoms with Gasteiger partial charge in [0.25, 0.3) is 0 Å². The Kier molecular flexibility index (Phi) is 6.77. The maximum Gasteiger partial charge on any atom is 0.234 e. The maximum atomic E-state index is 12.7. The topological polar surface area (TPSA) is 63.1 Å². The first-order valence-electron chi connectivity index (χ1n) is 9.95. The van der Waals surface area contributed by atoms with E-state index in [-0.39, 0.29) is 18.0 Å². The van der Waals surface area contributed by atoms with Crippen molar-refractivity contribution in [2.75, 3.05) is 13.6 Å². The van der Waals surface area contributed by atoms with Gasteiger partial charge in [-0.25, -0.2) is 9.67 Å². The van der Waals surface area contributed by atoms with Crippen LogP contribution in [0.15, 0.2) is 67.3 Å². The second kappa shape index (κ2) is 9.47. The van der Waals surface area contributed by atoms with Gasteiger partial charge in [0.05, 0.1) is 18.3 Å². The summed E-state index contributed by atoms with van der Waals surface area (Å²) in [5.41, 5.74) is 3.24. The second-order valence-corrected chi connectivity index (χ2v) is 7.72. The van der Waals surface area contributed by atoms with Gasteiger partial charge in [-0.15, -0.1) is 0 Å². The number of likely N-dealkylation sites (N-methyl/N-ethyl adjacent to an activating group) is 1. The fourth-order valence-corrected chi connectivity index (χ4v) is 3.38. The quantitative estimate of drug-likeness (QED) is 0.635. The van der Waals surface area contributed by atoms with Crippen LogP contribution in [0.4, 0.5) is 0 Å². The van der Waals surface area contributed by atoms with E-state index in [1.807, 2.05) is 37.4 Å². The molecular weight excluding hydrogens is 362 g/mol. The Bertz CT molecular complexity index is 891.